The third-order valence-electron chi connectivity index (χ3n) is 3.93. The summed E-state index contributed by atoms with van der Waals surface area (Å²) in [6.07, 6.45) is 2.46. The fourth-order valence-corrected chi connectivity index (χ4v) is 2.61. The van der Waals surface area contributed by atoms with E-state index in [1.165, 1.54) is 0 Å². The van der Waals surface area contributed by atoms with Crippen molar-refractivity contribution in [2.24, 2.45) is 5.92 Å². The van der Waals surface area contributed by atoms with Gasteiger partial charge >= 0.3 is 5.97 Å². The Morgan fingerprint density at radius 2 is 2.10 bits per heavy atom. The normalized spacial score (nSPS) is 22.3. The Hall–Kier alpha value is -1.62. The molecule has 0 spiro atoms. The largest absolute Gasteiger partial charge is 0.478 e. The Balaban J connectivity index is 2.14. The molecule has 1 saturated carbocycles. The van der Waals surface area contributed by atoms with Gasteiger partial charge in [0, 0.05) is 17.7 Å². The summed E-state index contributed by atoms with van der Waals surface area (Å²) in [6.45, 7) is 6.75. The lowest BCUT2D eigenvalue weighted by atomic mass is 9.90. The first kappa shape index (κ1) is 15.8. The number of hydrogen-bond acceptors (Lipinski definition) is 4. The van der Waals surface area contributed by atoms with Crippen LogP contribution in [0.2, 0.25) is 0 Å². The van der Waals surface area contributed by atoms with Crippen molar-refractivity contribution in [1.29, 1.82) is 0 Å². The summed E-state index contributed by atoms with van der Waals surface area (Å²) in [4.78, 5) is 15.8. The minimum absolute atomic E-state index is 0.194. The van der Waals surface area contributed by atoms with Gasteiger partial charge in [-0.1, -0.05) is 20.8 Å². The first-order valence-electron chi connectivity index (χ1n) is 7.43. The molecule has 0 aliphatic heterocycles. The fourth-order valence-electron chi connectivity index (χ4n) is 2.61. The molecule has 0 radical (unpaired) electrons. The van der Waals surface area contributed by atoms with Crippen LogP contribution in [0.1, 0.15) is 56.1 Å². The van der Waals surface area contributed by atoms with E-state index in [9.17, 15) is 15.0 Å². The molecule has 5 nitrogen and oxygen atoms in total. The van der Waals surface area contributed by atoms with Gasteiger partial charge in [-0.15, -0.1) is 0 Å². The zero-order valence-electron chi connectivity index (χ0n) is 12.9. The third-order valence-corrected chi connectivity index (χ3v) is 3.93. The zero-order valence-corrected chi connectivity index (χ0v) is 12.9. The SMILES string of the molecule is CC(C)(C)c1cc(C(=O)O)cc(NCC2CCC(O)C2)n1. The van der Waals surface area contributed by atoms with E-state index in [4.69, 9.17) is 0 Å². The molecule has 5 heteroatoms. The van der Waals surface area contributed by atoms with E-state index in [2.05, 4.69) is 10.3 Å². The first-order valence-corrected chi connectivity index (χ1v) is 7.43. The number of hydrogen-bond donors (Lipinski definition) is 3. The van der Waals surface area contributed by atoms with Crippen LogP contribution in [0, 0.1) is 5.92 Å². The van der Waals surface area contributed by atoms with E-state index < -0.39 is 5.97 Å². The van der Waals surface area contributed by atoms with Crippen LogP contribution in [0.3, 0.4) is 0 Å². The lowest BCUT2D eigenvalue weighted by molar-refractivity contribution is 0.0696. The van der Waals surface area contributed by atoms with E-state index in [1.807, 2.05) is 20.8 Å². The van der Waals surface area contributed by atoms with Crippen LogP contribution in [0.5, 0.6) is 0 Å². The summed E-state index contributed by atoms with van der Waals surface area (Å²) in [6, 6.07) is 3.20. The third kappa shape index (κ3) is 4.17. The number of rotatable bonds is 4. The molecule has 1 fully saturated rings. The Kier molecular flexibility index (Phi) is 4.52. The fraction of sp³-hybridized carbons (Fsp3) is 0.625. The quantitative estimate of drug-likeness (QED) is 0.794. The zero-order chi connectivity index (χ0) is 15.6. The van der Waals surface area contributed by atoms with Crippen molar-refractivity contribution in [2.75, 3.05) is 11.9 Å². The summed E-state index contributed by atoms with van der Waals surface area (Å²) >= 11 is 0. The second kappa shape index (κ2) is 6.02. The van der Waals surface area contributed by atoms with Gasteiger partial charge in [-0.05, 0) is 37.3 Å². The minimum Gasteiger partial charge on any atom is -0.478 e. The van der Waals surface area contributed by atoms with E-state index in [0.29, 0.717) is 11.7 Å². The highest BCUT2D eigenvalue weighted by molar-refractivity contribution is 5.88. The molecule has 2 atom stereocenters. The highest BCUT2D eigenvalue weighted by Crippen LogP contribution is 2.27. The van der Waals surface area contributed by atoms with E-state index in [-0.39, 0.29) is 17.1 Å². The van der Waals surface area contributed by atoms with Crippen molar-refractivity contribution in [1.82, 2.24) is 4.98 Å². The Morgan fingerprint density at radius 3 is 2.62 bits per heavy atom. The maximum absolute atomic E-state index is 11.2. The highest BCUT2D eigenvalue weighted by Gasteiger charge is 2.23. The van der Waals surface area contributed by atoms with E-state index in [1.54, 1.807) is 12.1 Å². The molecule has 0 saturated heterocycles. The molecule has 0 amide bonds. The summed E-state index contributed by atoms with van der Waals surface area (Å²) in [5.41, 5.74) is 0.811. The topological polar surface area (TPSA) is 82.5 Å². The van der Waals surface area contributed by atoms with Gasteiger partial charge in [-0.3, -0.25) is 0 Å². The number of nitrogens with zero attached hydrogens (tertiary/aromatic N) is 1. The number of aliphatic hydroxyl groups excluding tert-OH is 1. The number of aliphatic hydroxyl groups is 1. The van der Waals surface area contributed by atoms with Crippen molar-refractivity contribution in [2.45, 2.75) is 51.6 Å². The van der Waals surface area contributed by atoms with Crippen molar-refractivity contribution in [3.63, 3.8) is 0 Å². The molecule has 1 aromatic heterocycles. The molecule has 1 heterocycles. The Morgan fingerprint density at radius 1 is 1.38 bits per heavy atom. The number of aromatic carboxylic acids is 1. The van der Waals surface area contributed by atoms with Gasteiger partial charge < -0.3 is 15.5 Å². The monoisotopic (exact) mass is 292 g/mol. The van der Waals surface area contributed by atoms with Gasteiger partial charge in [-0.25, -0.2) is 9.78 Å². The maximum Gasteiger partial charge on any atom is 0.335 e. The van der Waals surface area contributed by atoms with E-state index in [0.717, 1.165) is 31.5 Å². The van der Waals surface area contributed by atoms with Crippen molar-refractivity contribution < 1.29 is 15.0 Å². The van der Waals surface area contributed by atoms with Gasteiger partial charge in [-0.2, -0.15) is 0 Å². The predicted molar refractivity (Wildman–Crippen MR) is 81.7 cm³/mol. The number of aromatic nitrogens is 1. The van der Waals surface area contributed by atoms with Crippen LogP contribution in [0.4, 0.5) is 5.82 Å². The molecule has 1 aliphatic rings. The molecule has 1 aromatic rings. The average Bonchev–Trinajstić information content (AvgIpc) is 2.81. The summed E-state index contributed by atoms with van der Waals surface area (Å²) in [7, 11) is 0. The van der Waals surface area contributed by atoms with Crippen LogP contribution in [0.15, 0.2) is 12.1 Å². The molecule has 1 aliphatic carbocycles. The molecule has 116 valence electrons. The molecule has 21 heavy (non-hydrogen) atoms. The van der Waals surface area contributed by atoms with E-state index >= 15 is 0 Å². The molecule has 2 unspecified atom stereocenters. The van der Waals surface area contributed by atoms with Gasteiger partial charge in [0.15, 0.2) is 0 Å². The van der Waals surface area contributed by atoms with Crippen LogP contribution in [-0.4, -0.2) is 33.8 Å². The number of carboxylic acid groups (broad SMARTS) is 1. The Labute approximate surface area is 125 Å². The van der Waals surface area contributed by atoms with Gasteiger partial charge in [0.05, 0.1) is 11.7 Å². The van der Waals surface area contributed by atoms with Crippen molar-refractivity contribution in [3.05, 3.63) is 23.4 Å². The molecule has 2 rings (SSSR count). The lowest BCUT2D eigenvalue weighted by Crippen LogP contribution is -2.18. The maximum atomic E-state index is 11.2. The number of carboxylic acids is 1. The van der Waals surface area contributed by atoms with Crippen LogP contribution < -0.4 is 5.32 Å². The Bertz CT molecular complexity index is 523. The van der Waals surface area contributed by atoms with Crippen LogP contribution in [0.25, 0.3) is 0 Å². The smallest absolute Gasteiger partial charge is 0.335 e. The first-order chi connectivity index (χ1) is 9.75. The summed E-state index contributed by atoms with van der Waals surface area (Å²) < 4.78 is 0. The second-order valence-corrected chi connectivity index (χ2v) is 6.90. The highest BCUT2D eigenvalue weighted by atomic mass is 16.4. The van der Waals surface area contributed by atoms with Gasteiger partial charge in [0.2, 0.25) is 0 Å². The molecule has 0 bridgehead atoms. The average molecular weight is 292 g/mol. The number of carbonyl (C=O) groups is 1. The number of anilines is 1. The van der Waals surface area contributed by atoms with Crippen LogP contribution >= 0.6 is 0 Å². The second-order valence-electron chi connectivity index (χ2n) is 6.90. The number of pyridine rings is 1. The molecular formula is C16H24N2O3. The predicted octanol–water partition coefficient (Wildman–Crippen LogP) is 2.65. The number of nitrogens with one attached hydrogen (secondary N) is 1. The van der Waals surface area contributed by atoms with Crippen molar-refractivity contribution in [3.8, 4) is 0 Å². The molecular weight excluding hydrogens is 268 g/mol. The standard InChI is InChI=1S/C16H24N2O3/c1-16(2,3)13-7-11(15(20)21)8-14(18-13)17-9-10-4-5-12(19)6-10/h7-8,10,12,19H,4-6,9H2,1-3H3,(H,17,18)(H,20,21). The molecule has 3 N–H and O–H groups in total. The summed E-state index contributed by atoms with van der Waals surface area (Å²) in [5.74, 6) is 0.0804. The molecule has 0 aromatic carbocycles. The van der Waals surface area contributed by atoms with Gasteiger partial charge in [0.1, 0.15) is 5.82 Å². The van der Waals surface area contributed by atoms with Crippen molar-refractivity contribution >= 4 is 11.8 Å². The summed E-state index contributed by atoms with van der Waals surface area (Å²) in [5, 5.41) is 22.0. The lowest BCUT2D eigenvalue weighted by Gasteiger charge is -2.20. The minimum atomic E-state index is -0.942. The van der Waals surface area contributed by atoms with Crippen LogP contribution in [-0.2, 0) is 5.41 Å². The van der Waals surface area contributed by atoms with Gasteiger partial charge in [0.25, 0.3) is 0 Å².